The molecule has 0 aliphatic carbocycles. The van der Waals surface area contributed by atoms with Gasteiger partial charge in [0.25, 0.3) is 0 Å². The fourth-order valence-corrected chi connectivity index (χ4v) is 8.28. The maximum absolute atomic E-state index is 14.0. The van der Waals surface area contributed by atoms with Crippen molar-refractivity contribution in [3.63, 3.8) is 0 Å². The molecule has 5 heteroatoms. The Kier molecular flexibility index (Phi) is 5.73. The lowest BCUT2D eigenvalue weighted by atomic mass is 10.2. The Hall–Kier alpha value is -2.43. The van der Waals surface area contributed by atoms with E-state index in [-0.39, 0.29) is 15.6 Å². The van der Waals surface area contributed by atoms with Crippen LogP contribution in [0.15, 0.2) is 72.8 Å². The van der Waals surface area contributed by atoms with Crippen molar-refractivity contribution in [3.05, 3.63) is 89.2 Å². The minimum atomic E-state index is -2.90. The highest BCUT2D eigenvalue weighted by atomic mass is 35.5. The summed E-state index contributed by atoms with van der Waals surface area (Å²) >= 11 is 6.37. The third-order valence-corrected chi connectivity index (χ3v) is 10.2. The van der Waals surface area contributed by atoms with Gasteiger partial charge in [0, 0.05) is 0 Å². The molecule has 28 heavy (non-hydrogen) atoms. The van der Waals surface area contributed by atoms with E-state index in [4.69, 9.17) is 16.0 Å². The van der Waals surface area contributed by atoms with Gasteiger partial charge in [0.1, 0.15) is 11.6 Å². The van der Waals surface area contributed by atoms with Gasteiger partial charge in [0.2, 0.25) is 0 Å². The third kappa shape index (κ3) is 3.50. The number of halogens is 2. The highest BCUT2D eigenvalue weighted by Gasteiger charge is 2.52. The Morgan fingerprint density at radius 3 is 1.82 bits per heavy atom. The second-order valence-corrected chi connectivity index (χ2v) is 12.3. The summed E-state index contributed by atoms with van der Waals surface area (Å²) in [5.41, 5.74) is -0.183. The predicted octanol–water partition coefficient (Wildman–Crippen LogP) is 5.23. The lowest BCUT2D eigenvalue weighted by Crippen LogP contribution is -2.68. The van der Waals surface area contributed by atoms with Crippen LogP contribution in [0, 0.1) is 5.82 Å². The first-order valence-corrected chi connectivity index (χ1v) is 11.3. The molecule has 3 rings (SSSR count). The molecule has 0 aliphatic rings. The minimum absolute atomic E-state index is 0.00277. The first-order chi connectivity index (χ1) is 13.3. The molecule has 0 N–H and O–H groups in total. The van der Waals surface area contributed by atoms with Crippen molar-refractivity contribution in [2.45, 2.75) is 25.8 Å². The summed E-state index contributed by atoms with van der Waals surface area (Å²) in [5.74, 6) is -0.339. The van der Waals surface area contributed by atoms with E-state index in [2.05, 4.69) is 45.0 Å². The van der Waals surface area contributed by atoms with Crippen molar-refractivity contribution in [2.75, 3.05) is 0 Å². The van der Waals surface area contributed by atoms with E-state index in [0.717, 1.165) is 10.4 Å². The molecule has 0 aliphatic heterocycles. The summed E-state index contributed by atoms with van der Waals surface area (Å²) in [6.07, 6.45) is 0.426. The van der Waals surface area contributed by atoms with Gasteiger partial charge >= 0.3 is 8.32 Å². The highest BCUT2D eigenvalue weighted by Crippen LogP contribution is 2.40. The molecule has 0 spiro atoms. The van der Waals surface area contributed by atoms with Gasteiger partial charge in [-0.2, -0.15) is 0 Å². The predicted molar refractivity (Wildman–Crippen MR) is 115 cm³/mol. The molecular weight excluding hydrogens is 391 g/mol. The van der Waals surface area contributed by atoms with Crippen LogP contribution in [0.2, 0.25) is 10.1 Å². The summed E-state index contributed by atoms with van der Waals surface area (Å²) in [7, 11) is -2.90. The molecule has 0 atom stereocenters. The van der Waals surface area contributed by atoms with E-state index in [9.17, 15) is 9.18 Å². The van der Waals surface area contributed by atoms with Crippen LogP contribution in [0.3, 0.4) is 0 Å². The Bertz CT molecular complexity index is 930. The Morgan fingerprint density at radius 2 is 1.39 bits per heavy atom. The highest BCUT2D eigenvalue weighted by molar-refractivity contribution is 7.00. The molecule has 0 saturated heterocycles. The lowest BCUT2D eigenvalue weighted by Gasteiger charge is -2.43. The molecule has 3 aromatic rings. The van der Waals surface area contributed by atoms with Crippen LogP contribution in [-0.4, -0.2) is 14.6 Å². The molecule has 144 valence electrons. The summed E-state index contributed by atoms with van der Waals surface area (Å²) in [5, 5.41) is 1.88. The smallest absolute Gasteiger partial charge is 0.320 e. The van der Waals surface area contributed by atoms with Crippen LogP contribution in [0.1, 0.15) is 31.1 Å². The molecule has 0 heterocycles. The maximum atomic E-state index is 14.0. The van der Waals surface area contributed by atoms with Gasteiger partial charge < -0.3 is 4.43 Å². The average molecular weight is 413 g/mol. The molecule has 0 unspecified atom stereocenters. The fourth-order valence-electron chi connectivity index (χ4n) is 3.55. The van der Waals surface area contributed by atoms with Crippen molar-refractivity contribution in [1.82, 2.24) is 0 Å². The van der Waals surface area contributed by atoms with E-state index >= 15 is 0 Å². The number of carbonyl (C=O) groups excluding carboxylic acids is 1. The van der Waals surface area contributed by atoms with E-state index in [1.165, 1.54) is 12.1 Å². The molecule has 0 fully saturated rings. The molecule has 2 nitrogen and oxygen atoms in total. The molecule has 0 bridgehead atoms. The summed E-state index contributed by atoms with van der Waals surface area (Å²) in [4.78, 5) is 11.3. The number of rotatable bonds is 5. The van der Waals surface area contributed by atoms with Crippen molar-refractivity contribution in [1.29, 1.82) is 0 Å². The normalized spacial score (nSPS) is 11.9. The maximum Gasteiger partial charge on any atom is 0.320 e. The lowest BCUT2D eigenvalue weighted by molar-refractivity contribution is 0.111. The molecule has 0 amide bonds. The third-order valence-electron chi connectivity index (χ3n) is 4.89. The Morgan fingerprint density at radius 1 is 0.893 bits per heavy atom. The summed E-state index contributed by atoms with van der Waals surface area (Å²) < 4.78 is 20.7. The van der Waals surface area contributed by atoms with Gasteiger partial charge in [-0.05, 0) is 27.5 Å². The largest absolute Gasteiger partial charge is 0.533 e. The van der Waals surface area contributed by atoms with Crippen LogP contribution in [0.4, 0.5) is 4.39 Å². The Balaban J connectivity index is 2.30. The summed E-state index contributed by atoms with van der Waals surface area (Å²) in [6, 6.07) is 22.8. The van der Waals surface area contributed by atoms with Crippen molar-refractivity contribution in [3.8, 4) is 5.75 Å². The molecule has 3 aromatic carbocycles. The molecule has 0 radical (unpaired) electrons. The topological polar surface area (TPSA) is 26.3 Å². The van der Waals surface area contributed by atoms with E-state index in [1.54, 1.807) is 0 Å². The standard InChI is InChI=1S/C23H22ClFO2Si/c1-23(2,3)28(17-10-6-4-7-11-17,18-12-8-5-9-13-18)27-21-15-14-20(25)19(16-26)22(21)24/h4-16H,1-3H3. The molecular formula is C23H22ClFO2Si. The fraction of sp³-hybridized carbons (Fsp3) is 0.174. The van der Waals surface area contributed by atoms with Crippen LogP contribution in [0.25, 0.3) is 0 Å². The van der Waals surface area contributed by atoms with Crippen LogP contribution in [-0.2, 0) is 0 Å². The second kappa shape index (κ2) is 7.90. The number of carbonyl (C=O) groups is 1. The van der Waals surface area contributed by atoms with Crippen LogP contribution in [0.5, 0.6) is 5.75 Å². The van der Waals surface area contributed by atoms with Gasteiger partial charge in [-0.3, -0.25) is 4.79 Å². The van der Waals surface area contributed by atoms with Gasteiger partial charge in [-0.25, -0.2) is 4.39 Å². The van der Waals surface area contributed by atoms with Crippen LogP contribution >= 0.6 is 11.6 Å². The number of hydrogen-bond acceptors (Lipinski definition) is 2. The molecule has 0 saturated carbocycles. The van der Waals surface area contributed by atoms with Crippen molar-refractivity contribution in [2.24, 2.45) is 0 Å². The zero-order chi connectivity index (χ0) is 20.4. The average Bonchev–Trinajstić information content (AvgIpc) is 2.68. The second-order valence-electron chi connectivity index (χ2n) is 7.66. The minimum Gasteiger partial charge on any atom is -0.533 e. The molecule has 0 aromatic heterocycles. The Labute approximate surface area is 171 Å². The monoisotopic (exact) mass is 412 g/mol. The van der Waals surface area contributed by atoms with Crippen molar-refractivity contribution < 1.29 is 13.6 Å². The van der Waals surface area contributed by atoms with Gasteiger partial charge in [0.05, 0.1) is 10.6 Å². The van der Waals surface area contributed by atoms with Gasteiger partial charge in [0.15, 0.2) is 6.29 Å². The number of hydrogen-bond donors (Lipinski definition) is 0. The van der Waals surface area contributed by atoms with E-state index in [1.807, 2.05) is 36.4 Å². The first-order valence-electron chi connectivity index (χ1n) is 9.04. The first kappa shape index (κ1) is 20.3. The quantitative estimate of drug-likeness (QED) is 0.423. The van der Waals surface area contributed by atoms with E-state index < -0.39 is 14.1 Å². The zero-order valence-corrected chi connectivity index (χ0v) is 17.8. The number of aldehydes is 1. The van der Waals surface area contributed by atoms with Gasteiger partial charge in [-0.1, -0.05) is 93.0 Å². The van der Waals surface area contributed by atoms with Crippen molar-refractivity contribution >= 4 is 36.6 Å². The zero-order valence-electron chi connectivity index (χ0n) is 16.1. The number of benzene rings is 3. The SMILES string of the molecule is CC(C)(C)[Si](Oc1ccc(F)c(C=O)c1Cl)(c1ccccc1)c1ccccc1. The van der Waals surface area contributed by atoms with Crippen LogP contribution < -0.4 is 14.8 Å². The summed E-state index contributed by atoms with van der Waals surface area (Å²) in [6.45, 7) is 6.41. The van der Waals surface area contributed by atoms with E-state index in [0.29, 0.717) is 12.0 Å². The van der Waals surface area contributed by atoms with Gasteiger partial charge in [-0.15, -0.1) is 0 Å².